The summed E-state index contributed by atoms with van der Waals surface area (Å²) in [5.74, 6) is 0.839. The molecule has 1 aliphatic heterocycles. The third-order valence-electron chi connectivity index (χ3n) is 4.73. The molecule has 1 atom stereocenters. The lowest BCUT2D eigenvalue weighted by atomic mass is 10.1. The molecule has 3 rings (SSSR count). The summed E-state index contributed by atoms with van der Waals surface area (Å²) >= 11 is 3.64. The number of aromatic nitrogens is 1. The van der Waals surface area contributed by atoms with Crippen LogP contribution in [0.3, 0.4) is 0 Å². The van der Waals surface area contributed by atoms with E-state index in [1.54, 1.807) is 16.2 Å². The Hall–Kier alpha value is -1.44. The van der Waals surface area contributed by atoms with Crippen LogP contribution in [0.1, 0.15) is 32.9 Å². The molecule has 0 aliphatic carbocycles. The second-order valence-corrected chi connectivity index (χ2v) is 8.78. The van der Waals surface area contributed by atoms with Crippen molar-refractivity contribution in [2.75, 3.05) is 20.1 Å². The molecule has 136 valence electrons. The summed E-state index contributed by atoms with van der Waals surface area (Å²) in [6.07, 6.45) is 1.17. The zero-order chi connectivity index (χ0) is 17.8. The van der Waals surface area contributed by atoms with E-state index in [9.17, 15) is 0 Å². The molecule has 0 fully saturated rings. The Labute approximate surface area is 158 Å². The highest BCUT2D eigenvalue weighted by Crippen LogP contribution is 2.24. The average molecular weight is 378 g/mol. The molecule has 0 aromatic carbocycles. The summed E-state index contributed by atoms with van der Waals surface area (Å²) in [4.78, 5) is 14.3. The van der Waals surface area contributed by atoms with Crippen LogP contribution in [0.25, 0.3) is 0 Å². The maximum Gasteiger partial charge on any atom is 0.191 e. The minimum absolute atomic E-state index is 0.468. The largest absolute Gasteiger partial charge is 0.355 e. The molecule has 0 saturated heterocycles. The summed E-state index contributed by atoms with van der Waals surface area (Å²) in [5, 5.41) is 10.1. The highest BCUT2D eigenvalue weighted by molar-refractivity contribution is 7.11. The van der Waals surface area contributed by atoms with E-state index in [1.807, 2.05) is 18.4 Å². The second-order valence-electron chi connectivity index (χ2n) is 6.49. The van der Waals surface area contributed by atoms with Crippen LogP contribution >= 0.6 is 22.7 Å². The number of rotatable bonds is 5. The molecular formula is C18H27N5S2. The van der Waals surface area contributed by atoms with Gasteiger partial charge >= 0.3 is 0 Å². The maximum atomic E-state index is 4.57. The first kappa shape index (κ1) is 18.4. The first-order valence-corrected chi connectivity index (χ1v) is 10.4. The number of thiazole rings is 1. The number of guanidine groups is 1. The van der Waals surface area contributed by atoms with Crippen molar-refractivity contribution in [3.8, 4) is 0 Å². The van der Waals surface area contributed by atoms with Gasteiger partial charge in [-0.25, -0.2) is 4.98 Å². The van der Waals surface area contributed by atoms with Gasteiger partial charge in [-0.05, 0) is 44.2 Å². The van der Waals surface area contributed by atoms with Gasteiger partial charge in [-0.2, -0.15) is 0 Å². The summed E-state index contributed by atoms with van der Waals surface area (Å²) < 4.78 is 0. The van der Waals surface area contributed by atoms with Gasteiger partial charge in [0.25, 0.3) is 0 Å². The molecule has 0 saturated carbocycles. The van der Waals surface area contributed by atoms with Crippen molar-refractivity contribution < 1.29 is 0 Å². The van der Waals surface area contributed by atoms with Crippen molar-refractivity contribution in [2.24, 2.45) is 4.99 Å². The van der Waals surface area contributed by atoms with Gasteiger partial charge in [-0.15, -0.1) is 22.7 Å². The number of aliphatic imine (C=N–C) groups is 1. The molecule has 0 amide bonds. The normalized spacial score (nSPS) is 16.6. The molecule has 2 N–H and O–H groups in total. The Morgan fingerprint density at radius 1 is 1.40 bits per heavy atom. The van der Waals surface area contributed by atoms with Crippen LogP contribution in [-0.2, 0) is 19.5 Å². The highest BCUT2D eigenvalue weighted by atomic mass is 32.1. The number of thiophene rings is 1. The number of hydrogen-bond donors (Lipinski definition) is 2. The molecule has 25 heavy (non-hydrogen) atoms. The van der Waals surface area contributed by atoms with Crippen LogP contribution in [0.4, 0.5) is 0 Å². The minimum Gasteiger partial charge on any atom is -0.355 e. The van der Waals surface area contributed by atoms with Gasteiger partial charge in [0.05, 0.1) is 12.2 Å². The Bertz CT molecular complexity index is 714. The fraction of sp³-hybridized carbons (Fsp3) is 0.556. The quantitative estimate of drug-likeness (QED) is 0.621. The Balaban J connectivity index is 1.46. The maximum absolute atomic E-state index is 4.57. The molecule has 0 radical (unpaired) electrons. The van der Waals surface area contributed by atoms with Gasteiger partial charge in [0.15, 0.2) is 5.96 Å². The van der Waals surface area contributed by atoms with Crippen LogP contribution in [0.5, 0.6) is 0 Å². The lowest BCUT2D eigenvalue weighted by Crippen LogP contribution is -2.47. The van der Waals surface area contributed by atoms with E-state index in [1.165, 1.54) is 16.9 Å². The van der Waals surface area contributed by atoms with Crippen molar-refractivity contribution in [3.63, 3.8) is 0 Å². The third-order valence-corrected chi connectivity index (χ3v) is 6.82. The Morgan fingerprint density at radius 3 is 2.96 bits per heavy atom. The summed E-state index contributed by atoms with van der Waals surface area (Å²) in [6.45, 7) is 10.3. The van der Waals surface area contributed by atoms with Crippen LogP contribution in [-0.4, -0.2) is 42.0 Å². The van der Waals surface area contributed by atoms with E-state index in [0.717, 1.165) is 42.8 Å². The van der Waals surface area contributed by atoms with E-state index in [0.29, 0.717) is 6.04 Å². The molecule has 5 nitrogen and oxygen atoms in total. The van der Waals surface area contributed by atoms with Crippen LogP contribution in [0.2, 0.25) is 0 Å². The third kappa shape index (κ3) is 4.59. The Kier molecular flexibility index (Phi) is 6.09. The number of nitrogens with zero attached hydrogens (tertiary/aromatic N) is 3. The van der Waals surface area contributed by atoms with Gasteiger partial charge in [0.2, 0.25) is 0 Å². The van der Waals surface area contributed by atoms with E-state index in [2.05, 4.69) is 57.7 Å². The van der Waals surface area contributed by atoms with Crippen molar-refractivity contribution in [3.05, 3.63) is 37.5 Å². The molecule has 7 heteroatoms. The standard InChI is InChI=1S/C18H27N5S2/c1-12(23-7-5-16-15(11-23)6-8-24-16)9-20-18(19-4)21-10-17-22-13(2)14(3)25-17/h6,8,12H,5,7,9-11H2,1-4H3,(H2,19,20,21). The zero-order valence-corrected chi connectivity index (χ0v) is 17.1. The van der Waals surface area contributed by atoms with Gasteiger partial charge in [0.1, 0.15) is 5.01 Å². The van der Waals surface area contributed by atoms with Crippen LogP contribution in [0.15, 0.2) is 16.4 Å². The van der Waals surface area contributed by atoms with Crippen LogP contribution < -0.4 is 10.6 Å². The number of hydrogen-bond acceptors (Lipinski definition) is 5. The Morgan fingerprint density at radius 2 is 2.24 bits per heavy atom. The van der Waals surface area contributed by atoms with E-state index < -0.39 is 0 Å². The van der Waals surface area contributed by atoms with Crippen molar-refractivity contribution in [1.29, 1.82) is 0 Å². The SMILES string of the molecule is CN=C(NCc1nc(C)c(C)s1)NCC(C)N1CCc2sccc2C1. The lowest BCUT2D eigenvalue weighted by molar-refractivity contribution is 0.192. The first-order chi connectivity index (χ1) is 12.1. The van der Waals surface area contributed by atoms with E-state index >= 15 is 0 Å². The highest BCUT2D eigenvalue weighted by Gasteiger charge is 2.21. The van der Waals surface area contributed by atoms with E-state index in [-0.39, 0.29) is 0 Å². The van der Waals surface area contributed by atoms with Crippen molar-refractivity contribution >= 4 is 28.6 Å². The second kappa shape index (κ2) is 8.29. The van der Waals surface area contributed by atoms with Crippen LogP contribution in [0, 0.1) is 13.8 Å². The fourth-order valence-corrected chi connectivity index (χ4v) is 4.78. The molecule has 1 unspecified atom stereocenters. The number of fused-ring (bicyclic) bond motifs is 1. The topological polar surface area (TPSA) is 52.6 Å². The molecule has 2 aromatic heterocycles. The predicted octanol–water partition coefficient (Wildman–Crippen LogP) is 2.93. The van der Waals surface area contributed by atoms with Gasteiger partial charge < -0.3 is 10.6 Å². The number of aryl methyl sites for hydroxylation is 2. The first-order valence-electron chi connectivity index (χ1n) is 8.73. The molecule has 0 spiro atoms. The molecular weight excluding hydrogens is 350 g/mol. The average Bonchev–Trinajstić information content (AvgIpc) is 3.20. The minimum atomic E-state index is 0.468. The molecule has 2 aromatic rings. The molecule has 0 bridgehead atoms. The monoisotopic (exact) mass is 377 g/mol. The zero-order valence-electron chi connectivity index (χ0n) is 15.4. The summed E-state index contributed by atoms with van der Waals surface area (Å²) in [6, 6.07) is 2.74. The van der Waals surface area contributed by atoms with E-state index in [4.69, 9.17) is 0 Å². The molecule has 3 heterocycles. The predicted molar refractivity (Wildman–Crippen MR) is 108 cm³/mol. The fourth-order valence-electron chi connectivity index (χ4n) is 3.01. The smallest absolute Gasteiger partial charge is 0.191 e. The number of nitrogens with one attached hydrogen (secondary N) is 2. The molecule has 1 aliphatic rings. The lowest BCUT2D eigenvalue weighted by Gasteiger charge is -2.32. The van der Waals surface area contributed by atoms with Crippen molar-refractivity contribution in [2.45, 2.75) is 46.3 Å². The van der Waals surface area contributed by atoms with Gasteiger partial charge in [-0.3, -0.25) is 9.89 Å². The van der Waals surface area contributed by atoms with Gasteiger partial charge in [-0.1, -0.05) is 0 Å². The van der Waals surface area contributed by atoms with Gasteiger partial charge in [0, 0.05) is 42.5 Å². The summed E-state index contributed by atoms with van der Waals surface area (Å²) in [5.41, 5.74) is 2.62. The summed E-state index contributed by atoms with van der Waals surface area (Å²) in [7, 11) is 1.82. The van der Waals surface area contributed by atoms with Crippen molar-refractivity contribution in [1.82, 2.24) is 20.5 Å².